The van der Waals surface area contributed by atoms with E-state index in [4.69, 9.17) is 4.18 Å². The van der Waals surface area contributed by atoms with Crippen molar-refractivity contribution >= 4 is 27.9 Å². The second-order valence-corrected chi connectivity index (χ2v) is 7.47. The first-order valence-corrected chi connectivity index (χ1v) is 9.93. The van der Waals surface area contributed by atoms with Crippen LogP contribution in [0.15, 0.2) is 88.9 Å². The van der Waals surface area contributed by atoms with Crippen LogP contribution in [0.5, 0.6) is 5.75 Å². The van der Waals surface area contributed by atoms with Crippen LogP contribution in [0.1, 0.15) is 15.9 Å². The number of non-ortho nitro benzene ring substituents is 1. The number of nitrogens with zero attached hydrogens (tertiary/aromatic N) is 2. The van der Waals surface area contributed by atoms with Crippen LogP contribution in [-0.4, -0.2) is 25.5 Å². The maximum Gasteiger partial charge on any atom is 0.339 e. The monoisotopic (exact) mass is 425 g/mol. The standard InChI is InChI=1S/C20H15N3O6S/c24-20(16-4-2-1-3-5-16)22-21-14-15-6-10-18(11-7-15)29-30(27,28)19-12-8-17(9-13-19)23(25)26/h1-14H,(H,22,24)/b21-14-. The van der Waals surface area contributed by atoms with E-state index in [1.807, 2.05) is 0 Å². The topological polar surface area (TPSA) is 128 Å². The molecule has 3 aromatic rings. The molecule has 0 spiro atoms. The molecule has 9 nitrogen and oxygen atoms in total. The average Bonchev–Trinajstić information content (AvgIpc) is 2.75. The maximum absolute atomic E-state index is 12.3. The zero-order valence-corrected chi connectivity index (χ0v) is 16.2. The fourth-order valence-corrected chi connectivity index (χ4v) is 3.27. The third-order valence-electron chi connectivity index (χ3n) is 3.84. The molecule has 0 unspecified atom stereocenters. The fraction of sp³-hybridized carbons (Fsp3) is 0. The average molecular weight is 425 g/mol. The molecular formula is C20H15N3O6S. The summed E-state index contributed by atoms with van der Waals surface area (Å²) in [6, 6.07) is 18.9. The van der Waals surface area contributed by atoms with Crippen molar-refractivity contribution in [3.8, 4) is 5.75 Å². The summed E-state index contributed by atoms with van der Waals surface area (Å²) in [6.45, 7) is 0. The van der Waals surface area contributed by atoms with Gasteiger partial charge in [0.1, 0.15) is 10.6 Å². The molecule has 3 rings (SSSR count). The third-order valence-corrected chi connectivity index (χ3v) is 5.10. The van der Waals surface area contributed by atoms with Gasteiger partial charge in [-0.05, 0) is 54.1 Å². The van der Waals surface area contributed by atoms with Crippen molar-refractivity contribution in [3.05, 3.63) is 100 Å². The van der Waals surface area contributed by atoms with Gasteiger partial charge in [-0.3, -0.25) is 14.9 Å². The summed E-state index contributed by atoms with van der Waals surface area (Å²) in [6.07, 6.45) is 1.40. The second kappa shape index (κ2) is 8.97. The lowest BCUT2D eigenvalue weighted by molar-refractivity contribution is -0.384. The van der Waals surface area contributed by atoms with Crippen LogP contribution in [0, 0.1) is 10.1 Å². The summed E-state index contributed by atoms with van der Waals surface area (Å²) in [4.78, 5) is 21.7. The number of rotatable bonds is 7. The first kappa shape index (κ1) is 20.7. The van der Waals surface area contributed by atoms with Crippen molar-refractivity contribution in [1.29, 1.82) is 0 Å². The molecule has 0 aliphatic heterocycles. The van der Waals surface area contributed by atoms with Gasteiger partial charge in [0, 0.05) is 17.7 Å². The van der Waals surface area contributed by atoms with E-state index in [2.05, 4.69) is 10.5 Å². The lowest BCUT2D eigenvalue weighted by Crippen LogP contribution is -2.17. The third kappa shape index (κ3) is 5.26. The quantitative estimate of drug-likeness (QED) is 0.268. The Morgan fingerprint density at radius 1 is 0.967 bits per heavy atom. The van der Waals surface area contributed by atoms with E-state index in [0.717, 1.165) is 24.3 Å². The summed E-state index contributed by atoms with van der Waals surface area (Å²) >= 11 is 0. The molecule has 0 heterocycles. The molecule has 0 atom stereocenters. The van der Waals surface area contributed by atoms with E-state index in [0.29, 0.717) is 11.1 Å². The summed E-state index contributed by atoms with van der Waals surface area (Å²) in [5.41, 5.74) is 3.23. The molecule has 0 saturated carbocycles. The van der Waals surface area contributed by atoms with E-state index in [1.54, 1.807) is 42.5 Å². The number of hydrogen-bond donors (Lipinski definition) is 1. The molecule has 10 heteroatoms. The highest BCUT2D eigenvalue weighted by atomic mass is 32.2. The number of hydrazone groups is 1. The molecule has 30 heavy (non-hydrogen) atoms. The van der Waals surface area contributed by atoms with E-state index in [1.165, 1.54) is 18.3 Å². The van der Waals surface area contributed by atoms with E-state index < -0.39 is 15.0 Å². The number of amides is 1. The molecule has 0 aliphatic carbocycles. The molecule has 0 radical (unpaired) electrons. The molecule has 1 N–H and O–H groups in total. The Morgan fingerprint density at radius 3 is 2.20 bits per heavy atom. The molecule has 0 aromatic heterocycles. The Morgan fingerprint density at radius 2 is 1.60 bits per heavy atom. The highest BCUT2D eigenvalue weighted by Crippen LogP contribution is 2.21. The Kier molecular flexibility index (Phi) is 6.18. The van der Waals surface area contributed by atoms with Gasteiger partial charge in [0.25, 0.3) is 11.6 Å². The predicted octanol–water partition coefficient (Wildman–Crippen LogP) is 3.13. The number of carbonyl (C=O) groups excluding carboxylic acids is 1. The lowest BCUT2D eigenvalue weighted by atomic mass is 10.2. The van der Waals surface area contributed by atoms with Crippen LogP contribution < -0.4 is 9.61 Å². The SMILES string of the molecule is O=C(N/N=C\c1ccc(OS(=O)(=O)c2ccc([N+](=O)[O-])cc2)cc1)c1ccccc1. The smallest absolute Gasteiger partial charge is 0.339 e. The molecule has 0 saturated heterocycles. The Bertz CT molecular complexity index is 1180. The molecule has 0 bridgehead atoms. The van der Waals surface area contributed by atoms with Gasteiger partial charge in [0.15, 0.2) is 0 Å². The summed E-state index contributed by atoms with van der Waals surface area (Å²) in [5, 5.41) is 14.5. The molecule has 1 amide bonds. The van der Waals surface area contributed by atoms with Crippen molar-refractivity contribution < 1.29 is 22.3 Å². The van der Waals surface area contributed by atoms with Crippen molar-refractivity contribution in [2.24, 2.45) is 5.10 Å². The number of nitro benzene ring substituents is 1. The minimum Gasteiger partial charge on any atom is -0.379 e. The maximum atomic E-state index is 12.3. The normalized spacial score (nSPS) is 11.2. The van der Waals surface area contributed by atoms with Gasteiger partial charge in [-0.2, -0.15) is 13.5 Å². The van der Waals surface area contributed by atoms with E-state index in [-0.39, 0.29) is 22.2 Å². The minimum absolute atomic E-state index is 0.0545. The zero-order valence-electron chi connectivity index (χ0n) is 15.3. The van der Waals surface area contributed by atoms with Gasteiger partial charge in [-0.1, -0.05) is 18.2 Å². The van der Waals surface area contributed by atoms with Crippen LogP contribution in [0.2, 0.25) is 0 Å². The summed E-state index contributed by atoms with van der Waals surface area (Å²) in [7, 11) is -4.14. The van der Waals surface area contributed by atoms with Crippen molar-refractivity contribution in [2.75, 3.05) is 0 Å². The Hall–Kier alpha value is -4.05. The fourth-order valence-electron chi connectivity index (χ4n) is 2.34. The largest absolute Gasteiger partial charge is 0.379 e. The van der Waals surface area contributed by atoms with Crippen LogP contribution in [0.4, 0.5) is 5.69 Å². The van der Waals surface area contributed by atoms with Gasteiger partial charge >= 0.3 is 10.1 Å². The lowest BCUT2D eigenvalue weighted by Gasteiger charge is -2.07. The van der Waals surface area contributed by atoms with Gasteiger partial charge in [-0.25, -0.2) is 5.43 Å². The number of carbonyl (C=O) groups is 1. The molecule has 0 aliphatic rings. The zero-order chi connectivity index (χ0) is 21.6. The number of nitro groups is 1. The first-order valence-electron chi connectivity index (χ1n) is 8.53. The molecule has 3 aromatic carbocycles. The second-order valence-electron chi connectivity index (χ2n) is 5.92. The highest BCUT2D eigenvalue weighted by molar-refractivity contribution is 7.87. The molecule has 0 fully saturated rings. The van der Waals surface area contributed by atoms with Crippen molar-refractivity contribution in [2.45, 2.75) is 4.90 Å². The van der Waals surface area contributed by atoms with Gasteiger partial charge in [-0.15, -0.1) is 0 Å². The van der Waals surface area contributed by atoms with Crippen molar-refractivity contribution in [3.63, 3.8) is 0 Å². The Labute approximate surface area is 171 Å². The van der Waals surface area contributed by atoms with Gasteiger partial charge in [0.2, 0.25) is 0 Å². The van der Waals surface area contributed by atoms with E-state index >= 15 is 0 Å². The first-order chi connectivity index (χ1) is 14.3. The number of nitrogens with one attached hydrogen (secondary N) is 1. The van der Waals surface area contributed by atoms with Gasteiger partial charge in [0.05, 0.1) is 11.1 Å². The molecule has 152 valence electrons. The minimum atomic E-state index is -4.14. The summed E-state index contributed by atoms with van der Waals surface area (Å²) in [5.74, 6) is -0.306. The van der Waals surface area contributed by atoms with Crippen LogP contribution in [0.3, 0.4) is 0 Å². The number of benzene rings is 3. The molecular weight excluding hydrogens is 410 g/mol. The van der Waals surface area contributed by atoms with Crippen LogP contribution in [-0.2, 0) is 10.1 Å². The van der Waals surface area contributed by atoms with Gasteiger partial charge < -0.3 is 4.18 Å². The van der Waals surface area contributed by atoms with Crippen LogP contribution >= 0.6 is 0 Å². The predicted molar refractivity (Wildman–Crippen MR) is 109 cm³/mol. The Balaban J connectivity index is 1.62. The highest BCUT2D eigenvalue weighted by Gasteiger charge is 2.18. The van der Waals surface area contributed by atoms with Crippen molar-refractivity contribution in [1.82, 2.24) is 5.43 Å². The number of hydrogen-bond acceptors (Lipinski definition) is 7. The summed E-state index contributed by atoms with van der Waals surface area (Å²) < 4.78 is 29.6. The van der Waals surface area contributed by atoms with Crippen LogP contribution in [0.25, 0.3) is 0 Å². The van der Waals surface area contributed by atoms with E-state index in [9.17, 15) is 23.3 Å².